The number of aryl methyl sites for hydroxylation is 1. The predicted octanol–water partition coefficient (Wildman–Crippen LogP) is 0.281. The van der Waals surface area contributed by atoms with E-state index < -0.39 is 0 Å². The molecule has 22 heavy (non-hydrogen) atoms. The van der Waals surface area contributed by atoms with Crippen LogP contribution in [0.25, 0.3) is 0 Å². The number of hydrogen-bond acceptors (Lipinski definition) is 4. The Labute approximate surface area is 130 Å². The molecule has 3 atom stereocenters. The first-order chi connectivity index (χ1) is 10.5. The molecule has 0 spiro atoms. The van der Waals surface area contributed by atoms with Crippen molar-refractivity contribution in [1.29, 1.82) is 0 Å². The summed E-state index contributed by atoms with van der Waals surface area (Å²) >= 11 is 0. The number of fused-ring (bicyclic) bond motifs is 1. The Balaban J connectivity index is 1.68. The van der Waals surface area contributed by atoms with Crippen LogP contribution >= 0.6 is 0 Å². The molecule has 0 unspecified atom stereocenters. The number of likely N-dealkylation sites (tertiary alicyclic amines) is 2. The smallest absolute Gasteiger partial charge is 0.255 e. The van der Waals surface area contributed by atoms with Crippen molar-refractivity contribution in [2.24, 2.45) is 5.92 Å². The lowest BCUT2D eigenvalue weighted by molar-refractivity contribution is -0.125. The van der Waals surface area contributed by atoms with Gasteiger partial charge in [0.1, 0.15) is 0 Å². The number of carbonyl (C=O) groups excluding carboxylic acids is 2. The van der Waals surface area contributed by atoms with Crippen molar-refractivity contribution in [2.45, 2.75) is 25.4 Å². The van der Waals surface area contributed by atoms with Crippen LogP contribution in [0.5, 0.6) is 0 Å². The number of pyridine rings is 1. The van der Waals surface area contributed by atoms with Crippen LogP contribution in [0.1, 0.15) is 22.5 Å². The number of nitrogens with one attached hydrogen (secondary N) is 1. The summed E-state index contributed by atoms with van der Waals surface area (Å²) in [6, 6.07) is 3.89. The highest BCUT2D eigenvalue weighted by Crippen LogP contribution is 2.35. The zero-order valence-corrected chi connectivity index (χ0v) is 13.2. The second-order valence-corrected chi connectivity index (χ2v) is 6.26. The molecule has 0 aliphatic carbocycles. The van der Waals surface area contributed by atoms with Crippen LogP contribution in [0.2, 0.25) is 0 Å². The fraction of sp³-hybridized carbons (Fsp3) is 0.562. The van der Waals surface area contributed by atoms with E-state index in [-0.39, 0.29) is 23.9 Å². The standard InChI is InChI=1S/C16H22N4O2/c1-10-4-5-11(7-18-10)16(22)20-8-12-6-13(15(21)17-2)19(3)14(12)9-20/h4-5,7,12-14H,6,8-9H2,1-3H3,(H,17,21)/t12-,13-,14+/m1/s1. The Morgan fingerprint density at radius 3 is 2.68 bits per heavy atom. The van der Waals surface area contributed by atoms with Gasteiger partial charge in [-0.25, -0.2) is 0 Å². The van der Waals surface area contributed by atoms with E-state index in [0.29, 0.717) is 18.0 Å². The average Bonchev–Trinajstić information content (AvgIpc) is 3.06. The highest BCUT2D eigenvalue weighted by Gasteiger charge is 2.47. The van der Waals surface area contributed by atoms with Crippen molar-refractivity contribution in [3.8, 4) is 0 Å². The number of hydrogen-bond donors (Lipinski definition) is 1. The SMILES string of the molecule is CNC(=O)[C@H]1C[C@@H]2CN(C(=O)c3ccc(C)nc3)C[C@@H]2N1C. The van der Waals surface area contributed by atoms with Crippen LogP contribution in [-0.2, 0) is 4.79 Å². The molecule has 1 N–H and O–H groups in total. The van der Waals surface area contributed by atoms with Crippen molar-refractivity contribution < 1.29 is 9.59 Å². The minimum absolute atomic E-state index is 0.0341. The number of carbonyl (C=O) groups is 2. The lowest BCUT2D eigenvalue weighted by Gasteiger charge is -2.25. The Morgan fingerprint density at radius 1 is 1.32 bits per heavy atom. The molecule has 2 aliphatic heterocycles. The van der Waals surface area contributed by atoms with E-state index in [1.807, 2.05) is 31.0 Å². The summed E-state index contributed by atoms with van der Waals surface area (Å²) in [6.45, 7) is 3.30. The molecule has 2 saturated heterocycles. The molecule has 1 aromatic rings. The van der Waals surface area contributed by atoms with Gasteiger partial charge in [0.15, 0.2) is 0 Å². The van der Waals surface area contributed by atoms with Crippen molar-refractivity contribution in [2.75, 3.05) is 27.2 Å². The zero-order valence-electron chi connectivity index (χ0n) is 13.2. The largest absolute Gasteiger partial charge is 0.358 e. The Bertz CT molecular complexity index is 586. The summed E-state index contributed by atoms with van der Waals surface area (Å²) in [5, 5.41) is 2.72. The normalized spacial score (nSPS) is 27.8. The van der Waals surface area contributed by atoms with Crippen LogP contribution < -0.4 is 5.32 Å². The van der Waals surface area contributed by atoms with Crippen molar-refractivity contribution in [1.82, 2.24) is 20.1 Å². The Morgan fingerprint density at radius 2 is 2.09 bits per heavy atom. The third kappa shape index (κ3) is 2.47. The fourth-order valence-electron chi connectivity index (χ4n) is 3.63. The summed E-state index contributed by atoms with van der Waals surface area (Å²) in [5.74, 6) is 0.471. The summed E-state index contributed by atoms with van der Waals surface area (Å²) in [6.07, 6.45) is 2.46. The molecule has 2 fully saturated rings. The molecule has 6 nitrogen and oxygen atoms in total. The van der Waals surface area contributed by atoms with Gasteiger partial charge >= 0.3 is 0 Å². The molecule has 0 aromatic carbocycles. The molecule has 118 valence electrons. The van der Waals surface area contributed by atoms with Crippen molar-refractivity contribution >= 4 is 11.8 Å². The molecule has 3 rings (SSSR count). The monoisotopic (exact) mass is 302 g/mol. The number of aromatic nitrogens is 1. The van der Waals surface area contributed by atoms with E-state index in [2.05, 4.69) is 15.2 Å². The maximum Gasteiger partial charge on any atom is 0.255 e. The van der Waals surface area contributed by atoms with Gasteiger partial charge in [0, 0.05) is 38.1 Å². The van der Waals surface area contributed by atoms with Gasteiger partial charge in [0.2, 0.25) is 5.91 Å². The minimum Gasteiger partial charge on any atom is -0.358 e. The topological polar surface area (TPSA) is 65.5 Å². The average molecular weight is 302 g/mol. The quantitative estimate of drug-likeness (QED) is 0.852. The second kappa shape index (κ2) is 5.68. The van der Waals surface area contributed by atoms with Gasteiger partial charge in [-0.1, -0.05) is 0 Å². The third-order valence-corrected chi connectivity index (χ3v) is 4.94. The minimum atomic E-state index is -0.0710. The molecular weight excluding hydrogens is 280 g/mol. The summed E-state index contributed by atoms with van der Waals surface area (Å²) in [5.41, 5.74) is 1.54. The highest BCUT2D eigenvalue weighted by atomic mass is 16.2. The molecular formula is C16H22N4O2. The van der Waals surface area contributed by atoms with Crippen molar-refractivity contribution in [3.05, 3.63) is 29.6 Å². The van der Waals surface area contributed by atoms with Gasteiger partial charge in [-0.3, -0.25) is 19.5 Å². The lowest BCUT2D eigenvalue weighted by Crippen LogP contribution is -2.45. The van der Waals surface area contributed by atoms with Crippen LogP contribution in [0, 0.1) is 12.8 Å². The molecule has 2 amide bonds. The van der Waals surface area contributed by atoms with Gasteiger partial charge in [-0.15, -0.1) is 0 Å². The first-order valence-electron chi connectivity index (χ1n) is 7.66. The summed E-state index contributed by atoms with van der Waals surface area (Å²) in [7, 11) is 3.65. The van der Waals surface area contributed by atoms with Crippen LogP contribution in [-0.4, -0.2) is 65.9 Å². The summed E-state index contributed by atoms with van der Waals surface area (Å²) < 4.78 is 0. The number of likely N-dealkylation sites (N-methyl/N-ethyl adjacent to an activating group) is 2. The Kier molecular flexibility index (Phi) is 3.87. The van der Waals surface area contributed by atoms with Crippen molar-refractivity contribution in [3.63, 3.8) is 0 Å². The number of rotatable bonds is 2. The van der Waals surface area contributed by atoms with E-state index in [0.717, 1.165) is 18.7 Å². The highest BCUT2D eigenvalue weighted by molar-refractivity contribution is 5.94. The molecule has 6 heteroatoms. The fourth-order valence-corrected chi connectivity index (χ4v) is 3.63. The first kappa shape index (κ1) is 15.0. The van der Waals surface area contributed by atoms with Crippen LogP contribution in [0.3, 0.4) is 0 Å². The van der Waals surface area contributed by atoms with E-state index in [1.54, 1.807) is 13.2 Å². The van der Waals surface area contributed by atoms with Gasteiger partial charge in [0.05, 0.1) is 11.6 Å². The van der Waals surface area contributed by atoms with E-state index in [1.165, 1.54) is 0 Å². The zero-order chi connectivity index (χ0) is 15.9. The molecule has 0 bridgehead atoms. The molecule has 2 aliphatic rings. The number of nitrogens with zero attached hydrogens (tertiary/aromatic N) is 3. The number of amides is 2. The maximum absolute atomic E-state index is 12.6. The second-order valence-electron chi connectivity index (χ2n) is 6.26. The van der Waals surface area contributed by atoms with E-state index >= 15 is 0 Å². The third-order valence-electron chi connectivity index (χ3n) is 4.94. The summed E-state index contributed by atoms with van der Waals surface area (Å²) in [4.78, 5) is 32.6. The molecule has 1 aromatic heterocycles. The van der Waals surface area contributed by atoms with Gasteiger partial charge < -0.3 is 10.2 Å². The lowest BCUT2D eigenvalue weighted by atomic mass is 10.0. The van der Waals surface area contributed by atoms with Crippen LogP contribution in [0.15, 0.2) is 18.3 Å². The molecule has 0 saturated carbocycles. The first-order valence-corrected chi connectivity index (χ1v) is 7.66. The van der Waals surface area contributed by atoms with Crippen LogP contribution in [0.4, 0.5) is 0 Å². The van der Waals surface area contributed by atoms with E-state index in [9.17, 15) is 9.59 Å². The van der Waals surface area contributed by atoms with Gasteiger partial charge in [-0.05, 0) is 38.4 Å². The maximum atomic E-state index is 12.6. The molecule has 3 heterocycles. The Hall–Kier alpha value is -1.95. The van der Waals surface area contributed by atoms with Gasteiger partial charge in [-0.2, -0.15) is 0 Å². The predicted molar refractivity (Wildman–Crippen MR) is 82.4 cm³/mol. The van der Waals surface area contributed by atoms with E-state index in [4.69, 9.17) is 0 Å². The van der Waals surface area contributed by atoms with Gasteiger partial charge in [0.25, 0.3) is 5.91 Å². The molecule has 0 radical (unpaired) electrons.